The van der Waals surface area contributed by atoms with Crippen molar-refractivity contribution in [3.63, 3.8) is 0 Å². The molecule has 0 aliphatic carbocycles. The van der Waals surface area contributed by atoms with Crippen LogP contribution in [-0.2, 0) is 6.54 Å². The maximum atomic E-state index is 13.2. The highest BCUT2D eigenvalue weighted by molar-refractivity contribution is 5.54. The van der Waals surface area contributed by atoms with Crippen molar-refractivity contribution in [2.24, 2.45) is 0 Å². The van der Waals surface area contributed by atoms with Crippen LogP contribution >= 0.6 is 0 Å². The van der Waals surface area contributed by atoms with E-state index in [0.29, 0.717) is 23.5 Å². The molecule has 0 spiro atoms. The van der Waals surface area contributed by atoms with Crippen LogP contribution in [0.1, 0.15) is 22.7 Å². The number of hydrogen-bond donors (Lipinski definition) is 3. The van der Waals surface area contributed by atoms with Crippen molar-refractivity contribution in [1.82, 2.24) is 30.9 Å². The maximum Gasteiger partial charge on any atom is 0.407 e. The van der Waals surface area contributed by atoms with Crippen LogP contribution in [0.2, 0.25) is 0 Å². The fraction of sp³-hybridized carbons (Fsp3) is 0.263. The summed E-state index contributed by atoms with van der Waals surface area (Å²) in [6.45, 7) is 2.71. The van der Waals surface area contributed by atoms with Crippen molar-refractivity contribution in [2.75, 3.05) is 0 Å². The Balaban J connectivity index is 1.57. The number of aromatic nitrogens is 3. The van der Waals surface area contributed by atoms with Gasteiger partial charge in [-0.15, -0.1) is 0 Å². The Morgan fingerprint density at radius 2 is 1.89 bits per heavy atom. The van der Waals surface area contributed by atoms with Gasteiger partial charge in [-0.1, -0.05) is 24.3 Å². The summed E-state index contributed by atoms with van der Waals surface area (Å²) in [5.74, 6) is 0. The highest BCUT2D eigenvalue weighted by atomic mass is 19.4. The molecule has 3 aromatic rings. The minimum atomic E-state index is -4.39. The molecule has 0 amide bonds. The Morgan fingerprint density at radius 1 is 1.07 bits per heavy atom. The fourth-order valence-electron chi connectivity index (χ4n) is 3.25. The van der Waals surface area contributed by atoms with Gasteiger partial charge >= 0.3 is 6.18 Å². The lowest BCUT2D eigenvalue weighted by Crippen LogP contribution is -2.43. The van der Waals surface area contributed by atoms with E-state index in [1.54, 1.807) is 18.5 Å². The summed E-state index contributed by atoms with van der Waals surface area (Å²) >= 11 is 0. The van der Waals surface area contributed by atoms with Crippen molar-refractivity contribution in [3.8, 4) is 11.4 Å². The van der Waals surface area contributed by atoms with Gasteiger partial charge in [-0.25, -0.2) is 15.8 Å². The average Bonchev–Trinajstić information content (AvgIpc) is 3.33. The smallest absolute Gasteiger partial charge is 0.332 e. The summed E-state index contributed by atoms with van der Waals surface area (Å²) < 4.78 is 41.5. The zero-order chi connectivity index (χ0) is 19.7. The second-order valence-electron chi connectivity index (χ2n) is 6.74. The summed E-state index contributed by atoms with van der Waals surface area (Å²) in [6.07, 6.45) is 0.655. The van der Waals surface area contributed by atoms with Gasteiger partial charge in [-0.2, -0.15) is 18.7 Å². The quantitative estimate of drug-likeness (QED) is 0.641. The molecule has 3 N–H and O–H groups in total. The largest absolute Gasteiger partial charge is 0.407 e. The molecule has 1 aliphatic rings. The highest BCUT2D eigenvalue weighted by Gasteiger charge is 2.48. The Labute approximate surface area is 159 Å². The topological polar surface area (TPSA) is 66.8 Å². The second kappa shape index (κ2) is 7.34. The zero-order valence-corrected chi connectivity index (χ0v) is 15.0. The van der Waals surface area contributed by atoms with E-state index < -0.39 is 18.3 Å². The molecule has 3 heterocycles. The molecule has 2 aromatic heterocycles. The molecule has 6 nitrogen and oxygen atoms in total. The van der Waals surface area contributed by atoms with Crippen LogP contribution in [0.3, 0.4) is 0 Å². The first-order valence-electron chi connectivity index (χ1n) is 8.77. The molecule has 2 unspecified atom stereocenters. The Bertz CT molecular complexity index is 968. The zero-order valence-electron chi connectivity index (χ0n) is 15.0. The first-order valence-corrected chi connectivity index (χ1v) is 8.77. The van der Waals surface area contributed by atoms with E-state index in [-0.39, 0.29) is 0 Å². The summed E-state index contributed by atoms with van der Waals surface area (Å²) in [5.41, 5.74) is 11.2. The Hall–Kier alpha value is -2.75. The number of halogens is 3. The van der Waals surface area contributed by atoms with Crippen LogP contribution in [-0.4, -0.2) is 26.8 Å². The van der Waals surface area contributed by atoms with E-state index in [1.165, 1.54) is 17.3 Å². The molecule has 0 radical (unpaired) electrons. The molecule has 2 atom stereocenters. The molecule has 1 aromatic carbocycles. The highest BCUT2D eigenvalue weighted by Crippen LogP contribution is 2.32. The van der Waals surface area contributed by atoms with Crippen molar-refractivity contribution >= 4 is 0 Å². The number of aryl methyl sites for hydroxylation is 1. The van der Waals surface area contributed by atoms with Crippen LogP contribution < -0.4 is 16.4 Å². The van der Waals surface area contributed by atoms with Gasteiger partial charge in [0.1, 0.15) is 11.7 Å². The first-order chi connectivity index (χ1) is 13.4. The summed E-state index contributed by atoms with van der Waals surface area (Å²) in [7, 11) is 0. The van der Waals surface area contributed by atoms with Crippen molar-refractivity contribution < 1.29 is 13.2 Å². The number of hydrogen-bond acceptors (Lipinski definition) is 5. The predicted molar refractivity (Wildman–Crippen MR) is 97.7 cm³/mol. The van der Waals surface area contributed by atoms with Gasteiger partial charge in [0.05, 0.1) is 18.1 Å². The monoisotopic (exact) mass is 388 g/mol. The molecule has 0 bridgehead atoms. The molecule has 9 heteroatoms. The van der Waals surface area contributed by atoms with Gasteiger partial charge in [-0.3, -0.25) is 4.98 Å². The van der Waals surface area contributed by atoms with Gasteiger partial charge in [-0.05, 0) is 35.7 Å². The minimum absolute atomic E-state index is 0.471. The lowest BCUT2D eigenvalue weighted by molar-refractivity contribution is -0.156. The number of imidazole rings is 1. The van der Waals surface area contributed by atoms with E-state index in [9.17, 15) is 13.2 Å². The van der Waals surface area contributed by atoms with Crippen molar-refractivity contribution in [2.45, 2.75) is 31.7 Å². The van der Waals surface area contributed by atoms with Crippen molar-refractivity contribution in [3.05, 3.63) is 71.8 Å². The van der Waals surface area contributed by atoms with Crippen LogP contribution in [0.15, 0.2) is 55.1 Å². The van der Waals surface area contributed by atoms with Crippen LogP contribution in [0, 0.1) is 6.92 Å². The molecule has 1 aliphatic heterocycles. The molecule has 1 saturated heterocycles. The number of nitrogens with one attached hydrogen (secondary N) is 3. The predicted octanol–water partition coefficient (Wildman–Crippen LogP) is 2.89. The van der Waals surface area contributed by atoms with Crippen LogP contribution in [0.4, 0.5) is 13.2 Å². The summed E-state index contributed by atoms with van der Waals surface area (Å²) in [4.78, 5) is 8.65. The summed E-state index contributed by atoms with van der Waals surface area (Å²) in [6, 6.07) is 8.58. The molecular weight excluding hydrogens is 369 g/mol. The number of alkyl halides is 3. The van der Waals surface area contributed by atoms with Gasteiger partial charge < -0.3 is 4.57 Å². The summed E-state index contributed by atoms with van der Waals surface area (Å²) in [5, 5.41) is 0. The number of benzene rings is 1. The third-order valence-corrected chi connectivity index (χ3v) is 4.79. The van der Waals surface area contributed by atoms with Gasteiger partial charge in [0.15, 0.2) is 0 Å². The van der Waals surface area contributed by atoms with E-state index >= 15 is 0 Å². The van der Waals surface area contributed by atoms with E-state index in [1.807, 2.05) is 35.9 Å². The molecule has 28 heavy (non-hydrogen) atoms. The molecule has 1 fully saturated rings. The second-order valence-corrected chi connectivity index (χ2v) is 6.74. The number of hydrazine groups is 2. The van der Waals surface area contributed by atoms with Crippen LogP contribution in [0.25, 0.3) is 11.4 Å². The molecular formula is C19H19F3N6. The normalized spacial score (nSPS) is 19.9. The SMILES string of the molecule is Cc1ccccc1Cn1cnc(-c2cc(C3NNNC3C(F)(F)F)ccn2)c1. The Kier molecular flexibility index (Phi) is 4.88. The van der Waals surface area contributed by atoms with E-state index in [4.69, 9.17) is 0 Å². The number of pyridine rings is 1. The molecule has 4 rings (SSSR count). The molecule has 146 valence electrons. The number of rotatable bonds is 4. The van der Waals surface area contributed by atoms with Crippen LogP contribution in [0.5, 0.6) is 0 Å². The van der Waals surface area contributed by atoms with Gasteiger partial charge in [0.25, 0.3) is 0 Å². The fourth-order valence-corrected chi connectivity index (χ4v) is 3.25. The standard InChI is InChI=1S/C19H19F3N6/c1-12-4-2-3-5-14(12)9-28-10-16(24-11-28)15-8-13(6-7-23-15)17-18(19(20,21)22)26-27-25-17/h2-8,10-11,17-18,25-27H,9H2,1H3. The lowest BCUT2D eigenvalue weighted by atomic mass is 10.0. The van der Waals surface area contributed by atoms with E-state index in [2.05, 4.69) is 32.4 Å². The molecule has 0 saturated carbocycles. The van der Waals surface area contributed by atoms with Gasteiger partial charge in [0, 0.05) is 18.9 Å². The minimum Gasteiger partial charge on any atom is -0.332 e. The third-order valence-electron chi connectivity index (χ3n) is 4.79. The third kappa shape index (κ3) is 3.77. The number of nitrogens with zero attached hydrogens (tertiary/aromatic N) is 3. The first kappa shape index (κ1) is 18.6. The van der Waals surface area contributed by atoms with Gasteiger partial charge in [0.2, 0.25) is 0 Å². The van der Waals surface area contributed by atoms with E-state index in [0.717, 1.165) is 0 Å². The average molecular weight is 388 g/mol. The maximum absolute atomic E-state index is 13.2. The lowest BCUT2D eigenvalue weighted by Gasteiger charge is -2.21. The Morgan fingerprint density at radius 3 is 2.68 bits per heavy atom. The van der Waals surface area contributed by atoms with Crippen molar-refractivity contribution in [1.29, 1.82) is 0 Å².